The van der Waals surface area contributed by atoms with Crippen molar-refractivity contribution in [2.45, 2.75) is 18.9 Å². The summed E-state index contributed by atoms with van der Waals surface area (Å²) >= 11 is 0. The minimum atomic E-state index is -0.500. The smallest absolute Gasteiger partial charge is 0.0936 e. The molecule has 0 amide bonds. The standard InChI is InChI=1S/C15H24N2O2/c1-19-11-12-6-8-17(9-7-12)10-15(18)13-4-2-3-5-14(13)16/h2-5,12,15,18H,6-11,16H2,1H3. The lowest BCUT2D eigenvalue weighted by Crippen LogP contribution is -2.37. The third-order valence-corrected chi connectivity index (χ3v) is 3.90. The number of anilines is 1. The number of nitrogens with two attached hydrogens (primary N) is 1. The molecule has 4 nitrogen and oxygen atoms in total. The molecular weight excluding hydrogens is 240 g/mol. The minimum Gasteiger partial charge on any atom is -0.398 e. The lowest BCUT2D eigenvalue weighted by atomic mass is 9.97. The number of β-amino-alcohol motifs (C(OH)–C–C–N with tert-alkyl or cyclic N) is 1. The molecule has 1 saturated heterocycles. The number of likely N-dealkylation sites (tertiary alicyclic amines) is 1. The average molecular weight is 264 g/mol. The maximum Gasteiger partial charge on any atom is 0.0936 e. The van der Waals surface area contributed by atoms with Crippen molar-refractivity contribution in [1.29, 1.82) is 0 Å². The van der Waals surface area contributed by atoms with E-state index in [1.807, 2.05) is 24.3 Å². The van der Waals surface area contributed by atoms with Gasteiger partial charge >= 0.3 is 0 Å². The first-order chi connectivity index (χ1) is 9.20. The molecule has 0 radical (unpaired) electrons. The van der Waals surface area contributed by atoms with E-state index >= 15 is 0 Å². The second-order valence-corrected chi connectivity index (χ2v) is 5.34. The molecule has 0 saturated carbocycles. The van der Waals surface area contributed by atoms with Crippen LogP contribution in [0.15, 0.2) is 24.3 Å². The van der Waals surface area contributed by atoms with E-state index in [2.05, 4.69) is 4.90 Å². The monoisotopic (exact) mass is 264 g/mol. The molecule has 0 bridgehead atoms. The summed E-state index contributed by atoms with van der Waals surface area (Å²) in [4.78, 5) is 2.31. The van der Waals surface area contributed by atoms with Gasteiger partial charge in [0.1, 0.15) is 0 Å². The van der Waals surface area contributed by atoms with Gasteiger partial charge in [0, 0.05) is 31.5 Å². The van der Waals surface area contributed by atoms with Crippen molar-refractivity contribution < 1.29 is 9.84 Å². The van der Waals surface area contributed by atoms with E-state index < -0.39 is 6.10 Å². The Labute approximate surface area is 115 Å². The summed E-state index contributed by atoms with van der Waals surface area (Å²) in [5.74, 6) is 0.667. The maximum absolute atomic E-state index is 10.3. The predicted molar refractivity (Wildman–Crippen MR) is 76.9 cm³/mol. The van der Waals surface area contributed by atoms with Gasteiger partial charge < -0.3 is 20.5 Å². The fourth-order valence-corrected chi connectivity index (χ4v) is 2.73. The molecule has 1 heterocycles. The van der Waals surface area contributed by atoms with Crippen LogP contribution in [0, 0.1) is 5.92 Å². The van der Waals surface area contributed by atoms with E-state index in [-0.39, 0.29) is 0 Å². The van der Waals surface area contributed by atoms with Crippen molar-refractivity contribution in [2.75, 3.05) is 39.1 Å². The second kappa shape index (κ2) is 6.89. The Bertz CT molecular complexity index is 389. The van der Waals surface area contributed by atoms with Crippen LogP contribution in [-0.4, -0.2) is 43.4 Å². The first kappa shape index (κ1) is 14.3. The highest BCUT2D eigenvalue weighted by Gasteiger charge is 2.22. The number of para-hydroxylation sites is 1. The van der Waals surface area contributed by atoms with Crippen LogP contribution < -0.4 is 5.73 Å². The SMILES string of the molecule is COCC1CCN(CC(O)c2ccccc2N)CC1. The van der Waals surface area contributed by atoms with Crippen molar-refractivity contribution in [1.82, 2.24) is 4.90 Å². The average Bonchev–Trinajstić information content (AvgIpc) is 2.42. The molecule has 1 aliphatic heterocycles. The molecule has 2 rings (SSSR count). The summed E-state index contributed by atoms with van der Waals surface area (Å²) in [6, 6.07) is 7.54. The van der Waals surface area contributed by atoms with Crippen molar-refractivity contribution in [3.63, 3.8) is 0 Å². The Morgan fingerprint density at radius 1 is 1.37 bits per heavy atom. The van der Waals surface area contributed by atoms with Crippen LogP contribution >= 0.6 is 0 Å². The molecule has 0 aliphatic carbocycles. The van der Waals surface area contributed by atoms with Gasteiger partial charge in [-0.3, -0.25) is 0 Å². The first-order valence-electron chi connectivity index (χ1n) is 6.94. The number of rotatable bonds is 5. The molecule has 0 spiro atoms. The summed E-state index contributed by atoms with van der Waals surface area (Å²) in [6.07, 6.45) is 1.79. The molecule has 1 aromatic carbocycles. The van der Waals surface area contributed by atoms with Gasteiger partial charge in [0.15, 0.2) is 0 Å². The van der Waals surface area contributed by atoms with E-state index in [0.29, 0.717) is 18.2 Å². The fourth-order valence-electron chi connectivity index (χ4n) is 2.73. The Kier molecular flexibility index (Phi) is 5.19. The van der Waals surface area contributed by atoms with Crippen molar-refractivity contribution in [3.8, 4) is 0 Å². The Morgan fingerprint density at radius 2 is 2.05 bits per heavy atom. The van der Waals surface area contributed by atoms with E-state index in [9.17, 15) is 5.11 Å². The van der Waals surface area contributed by atoms with Gasteiger partial charge in [0.2, 0.25) is 0 Å². The lowest BCUT2D eigenvalue weighted by molar-refractivity contribution is 0.0659. The van der Waals surface area contributed by atoms with Crippen molar-refractivity contribution >= 4 is 5.69 Å². The maximum atomic E-state index is 10.3. The second-order valence-electron chi connectivity index (χ2n) is 5.34. The minimum absolute atomic E-state index is 0.500. The zero-order valence-corrected chi connectivity index (χ0v) is 11.6. The molecule has 1 aliphatic rings. The molecule has 19 heavy (non-hydrogen) atoms. The fraction of sp³-hybridized carbons (Fsp3) is 0.600. The number of nitrogens with zero attached hydrogens (tertiary/aromatic N) is 1. The van der Waals surface area contributed by atoms with E-state index in [1.54, 1.807) is 7.11 Å². The summed E-state index contributed by atoms with van der Waals surface area (Å²) in [7, 11) is 1.76. The largest absolute Gasteiger partial charge is 0.398 e. The topological polar surface area (TPSA) is 58.7 Å². The molecule has 0 aromatic heterocycles. The normalized spacial score (nSPS) is 19.5. The molecule has 1 unspecified atom stereocenters. The van der Waals surface area contributed by atoms with Crippen molar-refractivity contribution in [3.05, 3.63) is 29.8 Å². The highest BCUT2D eigenvalue weighted by molar-refractivity contribution is 5.47. The summed E-state index contributed by atoms with van der Waals surface area (Å²) in [5, 5.41) is 10.3. The zero-order chi connectivity index (χ0) is 13.7. The third-order valence-electron chi connectivity index (χ3n) is 3.90. The quantitative estimate of drug-likeness (QED) is 0.794. The number of benzene rings is 1. The molecular formula is C15H24N2O2. The van der Waals surface area contributed by atoms with Gasteiger partial charge in [-0.05, 0) is 37.9 Å². The van der Waals surface area contributed by atoms with Crippen LogP contribution in [0.1, 0.15) is 24.5 Å². The van der Waals surface area contributed by atoms with Gasteiger partial charge in [-0.2, -0.15) is 0 Å². The number of nitrogen functional groups attached to an aromatic ring is 1. The van der Waals surface area contributed by atoms with Gasteiger partial charge in [0.25, 0.3) is 0 Å². The van der Waals surface area contributed by atoms with Gasteiger partial charge in [-0.15, -0.1) is 0 Å². The summed E-state index contributed by atoms with van der Waals surface area (Å²) in [5.41, 5.74) is 7.40. The number of piperidine rings is 1. The van der Waals surface area contributed by atoms with E-state index in [1.165, 1.54) is 0 Å². The molecule has 3 N–H and O–H groups in total. The lowest BCUT2D eigenvalue weighted by Gasteiger charge is -2.33. The van der Waals surface area contributed by atoms with Crippen LogP contribution in [0.4, 0.5) is 5.69 Å². The zero-order valence-electron chi connectivity index (χ0n) is 11.6. The molecule has 1 aromatic rings. The number of ether oxygens (including phenoxy) is 1. The number of hydrogen-bond donors (Lipinski definition) is 2. The summed E-state index contributed by atoms with van der Waals surface area (Å²) in [6.45, 7) is 3.56. The van der Waals surface area contributed by atoms with Gasteiger partial charge in [-0.25, -0.2) is 0 Å². The Hall–Kier alpha value is -1.10. The summed E-state index contributed by atoms with van der Waals surface area (Å²) < 4.78 is 5.20. The number of aliphatic hydroxyl groups excluding tert-OH is 1. The van der Waals surface area contributed by atoms with Gasteiger partial charge in [0.05, 0.1) is 6.10 Å². The van der Waals surface area contributed by atoms with E-state index in [4.69, 9.17) is 10.5 Å². The molecule has 4 heteroatoms. The Morgan fingerprint density at radius 3 is 2.68 bits per heavy atom. The molecule has 1 fully saturated rings. The third kappa shape index (κ3) is 3.93. The number of methoxy groups -OCH3 is 1. The van der Waals surface area contributed by atoms with Gasteiger partial charge in [-0.1, -0.05) is 18.2 Å². The molecule has 1 atom stereocenters. The first-order valence-corrected chi connectivity index (χ1v) is 6.94. The van der Waals surface area contributed by atoms with Crippen LogP contribution in [0.5, 0.6) is 0 Å². The number of hydrogen-bond acceptors (Lipinski definition) is 4. The van der Waals surface area contributed by atoms with E-state index in [0.717, 1.165) is 38.1 Å². The van der Waals surface area contributed by atoms with Crippen LogP contribution in [0.2, 0.25) is 0 Å². The number of aliphatic hydroxyl groups is 1. The predicted octanol–water partition coefficient (Wildman–Crippen LogP) is 1.66. The Balaban J connectivity index is 1.84. The van der Waals surface area contributed by atoms with Crippen LogP contribution in [0.25, 0.3) is 0 Å². The highest BCUT2D eigenvalue weighted by atomic mass is 16.5. The van der Waals surface area contributed by atoms with Crippen LogP contribution in [0.3, 0.4) is 0 Å². The van der Waals surface area contributed by atoms with Crippen LogP contribution in [-0.2, 0) is 4.74 Å². The molecule has 106 valence electrons. The highest BCUT2D eigenvalue weighted by Crippen LogP contribution is 2.23. The van der Waals surface area contributed by atoms with Crippen molar-refractivity contribution in [2.24, 2.45) is 5.92 Å².